The maximum Gasteiger partial charge on any atom is 0.354 e. The molecule has 1 aliphatic rings. The Morgan fingerprint density at radius 3 is 2.83 bits per heavy atom. The van der Waals surface area contributed by atoms with Gasteiger partial charge in [-0.1, -0.05) is 0 Å². The fraction of sp³-hybridized carbons (Fsp3) is 0.467. The summed E-state index contributed by atoms with van der Waals surface area (Å²) in [5, 5.41) is 4.16. The van der Waals surface area contributed by atoms with Gasteiger partial charge in [0.2, 0.25) is 10.0 Å². The molecule has 0 radical (unpaired) electrons. The molecule has 2 aromatic heterocycles. The van der Waals surface area contributed by atoms with E-state index in [2.05, 4.69) is 5.10 Å². The normalized spacial score (nSPS) is 15.3. The van der Waals surface area contributed by atoms with Gasteiger partial charge in [-0.2, -0.15) is 9.40 Å². The zero-order valence-electron chi connectivity index (χ0n) is 13.9. The van der Waals surface area contributed by atoms with Crippen molar-refractivity contribution >= 4 is 16.0 Å². The molecule has 3 heterocycles. The molecule has 0 aromatic carbocycles. The van der Waals surface area contributed by atoms with Crippen LogP contribution in [-0.2, 0) is 34.9 Å². The van der Waals surface area contributed by atoms with Gasteiger partial charge in [0.05, 0.1) is 25.4 Å². The number of fused-ring (bicyclic) bond motifs is 1. The van der Waals surface area contributed by atoms with Crippen LogP contribution in [-0.4, -0.2) is 46.2 Å². The monoisotopic (exact) mass is 352 g/mol. The second-order valence-electron chi connectivity index (χ2n) is 5.64. The number of carbonyl (C=O) groups is 1. The van der Waals surface area contributed by atoms with Gasteiger partial charge >= 0.3 is 5.97 Å². The standard InChI is InChI=1S/C15H20N4O4S/c1-4-23-15(20)13-9-14(11(2)17(13)3)24(21,22)18-7-8-19-12(10-18)5-6-16-19/h5-6,9H,4,7-8,10H2,1-3H3. The van der Waals surface area contributed by atoms with E-state index in [-0.39, 0.29) is 23.7 Å². The molecule has 0 unspecified atom stereocenters. The summed E-state index contributed by atoms with van der Waals surface area (Å²) in [5.74, 6) is -0.527. The van der Waals surface area contributed by atoms with Crippen molar-refractivity contribution in [3.05, 3.63) is 35.4 Å². The molecule has 8 nitrogen and oxygen atoms in total. The zero-order chi connectivity index (χ0) is 17.5. The number of sulfonamides is 1. The SMILES string of the molecule is CCOC(=O)c1cc(S(=O)(=O)N2CCn3nccc3C2)c(C)n1C. The molecular weight excluding hydrogens is 332 g/mol. The molecule has 0 saturated heterocycles. The molecule has 0 N–H and O–H groups in total. The molecule has 9 heteroatoms. The molecule has 0 bridgehead atoms. The smallest absolute Gasteiger partial charge is 0.354 e. The van der Waals surface area contributed by atoms with Crippen LogP contribution in [0.25, 0.3) is 0 Å². The summed E-state index contributed by atoms with van der Waals surface area (Å²) in [6.45, 7) is 4.76. The molecular formula is C15H20N4O4S. The fourth-order valence-corrected chi connectivity index (χ4v) is 4.51. The number of esters is 1. The van der Waals surface area contributed by atoms with Gasteiger partial charge in [0, 0.05) is 25.5 Å². The predicted molar refractivity (Wildman–Crippen MR) is 85.9 cm³/mol. The Morgan fingerprint density at radius 2 is 2.12 bits per heavy atom. The zero-order valence-corrected chi connectivity index (χ0v) is 14.7. The number of hydrogen-bond acceptors (Lipinski definition) is 5. The highest BCUT2D eigenvalue weighted by Gasteiger charge is 2.32. The average Bonchev–Trinajstić information content (AvgIpc) is 3.12. The Kier molecular flexibility index (Phi) is 4.22. The Labute approximate surface area is 140 Å². The minimum atomic E-state index is -3.70. The van der Waals surface area contributed by atoms with E-state index in [4.69, 9.17) is 4.74 Å². The second-order valence-corrected chi connectivity index (χ2v) is 7.55. The van der Waals surface area contributed by atoms with Crippen molar-refractivity contribution in [1.82, 2.24) is 18.7 Å². The van der Waals surface area contributed by atoms with E-state index >= 15 is 0 Å². The summed E-state index contributed by atoms with van der Waals surface area (Å²) in [5.41, 5.74) is 1.59. The third-order valence-electron chi connectivity index (χ3n) is 4.30. The van der Waals surface area contributed by atoms with Gasteiger partial charge < -0.3 is 9.30 Å². The maximum absolute atomic E-state index is 13.0. The molecule has 0 saturated carbocycles. The lowest BCUT2D eigenvalue weighted by Crippen LogP contribution is -2.38. The minimum absolute atomic E-state index is 0.140. The lowest BCUT2D eigenvalue weighted by molar-refractivity contribution is 0.0515. The van der Waals surface area contributed by atoms with Crippen LogP contribution in [0.3, 0.4) is 0 Å². The highest BCUT2D eigenvalue weighted by atomic mass is 32.2. The summed E-state index contributed by atoms with van der Waals surface area (Å²) in [6, 6.07) is 3.21. The van der Waals surface area contributed by atoms with Crippen molar-refractivity contribution < 1.29 is 17.9 Å². The van der Waals surface area contributed by atoms with Crippen molar-refractivity contribution in [2.75, 3.05) is 13.2 Å². The van der Waals surface area contributed by atoms with E-state index in [0.29, 0.717) is 18.8 Å². The first-order valence-electron chi connectivity index (χ1n) is 7.70. The van der Waals surface area contributed by atoms with Gasteiger partial charge in [0.25, 0.3) is 0 Å². The first-order valence-corrected chi connectivity index (χ1v) is 9.14. The Morgan fingerprint density at radius 1 is 1.38 bits per heavy atom. The lowest BCUT2D eigenvalue weighted by Gasteiger charge is -2.26. The number of ether oxygens (including phenoxy) is 1. The predicted octanol–water partition coefficient (Wildman–Crippen LogP) is 0.911. The summed E-state index contributed by atoms with van der Waals surface area (Å²) < 4.78 is 35.8. The van der Waals surface area contributed by atoms with Crippen LogP contribution in [0.15, 0.2) is 23.2 Å². The van der Waals surface area contributed by atoms with Crippen molar-refractivity contribution in [2.45, 2.75) is 31.8 Å². The van der Waals surface area contributed by atoms with Gasteiger partial charge in [-0.05, 0) is 26.0 Å². The number of nitrogens with zero attached hydrogens (tertiary/aromatic N) is 4. The van der Waals surface area contributed by atoms with Crippen molar-refractivity contribution in [1.29, 1.82) is 0 Å². The highest BCUT2D eigenvalue weighted by molar-refractivity contribution is 7.89. The molecule has 1 aliphatic heterocycles. The van der Waals surface area contributed by atoms with Crippen LogP contribution in [0.5, 0.6) is 0 Å². The minimum Gasteiger partial charge on any atom is -0.461 e. The molecule has 24 heavy (non-hydrogen) atoms. The largest absolute Gasteiger partial charge is 0.461 e. The van der Waals surface area contributed by atoms with Crippen LogP contribution >= 0.6 is 0 Å². The quantitative estimate of drug-likeness (QED) is 0.764. The number of hydrogen-bond donors (Lipinski definition) is 0. The van der Waals surface area contributed by atoms with E-state index in [9.17, 15) is 13.2 Å². The number of carbonyl (C=O) groups excluding carboxylic acids is 1. The molecule has 0 spiro atoms. The molecule has 0 aliphatic carbocycles. The van der Waals surface area contributed by atoms with E-state index in [1.165, 1.54) is 10.4 Å². The molecule has 2 aromatic rings. The summed E-state index contributed by atoms with van der Waals surface area (Å²) in [6.07, 6.45) is 1.66. The highest BCUT2D eigenvalue weighted by Crippen LogP contribution is 2.26. The van der Waals surface area contributed by atoms with Crippen LogP contribution in [0.2, 0.25) is 0 Å². The van der Waals surface area contributed by atoms with Crippen molar-refractivity contribution in [3.63, 3.8) is 0 Å². The van der Waals surface area contributed by atoms with Gasteiger partial charge in [-0.25, -0.2) is 13.2 Å². The first kappa shape index (κ1) is 16.7. The van der Waals surface area contributed by atoms with Crippen LogP contribution in [0.4, 0.5) is 0 Å². The fourth-order valence-electron chi connectivity index (χ4n) is 2.84. The molecule has 0 fully saturated rings. The first-order chi connectivity index (χ1) is 11.4. The Balaban J connectivity index is 1.96. The summed E-state index contributed by atoms with van der Waals surface area (Å²) in [7, 11) is -2.04. The summed E-state index contributed by atoms with van der Waals surface area (Å²) >= 11 is 0. The van der Waals surface area contributed by atoms with Gasteiger partial charge in [0.1, 0.15) is 10.6 Å². The van der Waals surface area contributed by atoms with Crippen LogP contribution < -0.4 is 0 Å². The summed E-state index contributed by atoms with van der Waals surface area (Å²) in [4.78, 5) is 12.1. The van der Waals surface area contributed by atoms with E-state index < -0.39 is 16.0 Å². The van der Waals surface area contributed by atoms with E-state index in [1.54, 1.807) is 36.3 Å². The maximum atomic E-state index is 13.0. The van der Waals surface area contributed by atoms with Gasteiger partial charge in [-0.15, -0.1) is 0 Å². The Bertz CT molecular complexity index is 881. The van der Waals surface area contributed by atoms with Crippen LogP contribution in [0.1, 0.15) is 28.8 Å². The van der Waals surface area contributed by atoms with E-state index in [0.717, 1.165) is 5.69 Å². The van der Waals surface area contributed by atoms with Crippen molar-refractivity contribution in [2.24, 2.45) is 7.05 Å². The third kappa shape index (κ3) is 2.63. The Hall–Kier alpha value is -2.13. The topological polar surface area (TPSA) is 86.4 Å². The van der Waals surface area contributed by atoms with Crippen molar-refractivity contribution in [3.8, 4) is 0 Å². The number of rotatable bonds is 4. The molecule has 3 rings (SSSR count). The molecule has 130 valence electrons. The number of aromatic nitrogens is 3. The second kappa shape index (κ2) is 6.06. The molecule has 0 amide bonds. The average molecular weight is 352 g/mol. The van der Waals surface area contributed by atoms with E-state index in [1.807, 2.05) is 6.07 Å². The third-order valence-corrected chi connectivity index (χ3v) is 6.26. The molecule has 0 atom stereocenters. The van der Waals surface area contributed by atoms with Gasteiger partial charge in [0.15, 0.2) is 0 Å². The van der Waals surface area contributed by atoms with Gasteiger partial charge in [-0.3, -0.25) is 4.68 Å². The van der Waals surface area contributed by atoms with Crippen LogP contribution in [0, 0.1) is 6.92 Å². The lowest BCUT2D eigenvalue weighted by atomic mass is 10.3.